The van der Waals surface area contributed by atoms with Crippen LogP contribution in [0.4, 0.5) is 8.78 Å². The Balaban J connectivity index is 1.87. The minimum atomic E-state index is -0.977. The second kappa shape index (κ2) is 11.2. The highest BCUT2D eigenvalue weighted by molar-refractivity contribution is 5.76. The lowest BCUT2D eigenvalue weighted by Crippen LogP contribution is -2.47. The number of hydrogen-bond donors (Lipinski definition) is 3. The summed E-state index contributed by atoms with van der Waals surface area (Å²) in [4.78, 5) is 23.7. The maximum atomic E-state index is 13.4. The molecule has 1 aliphatic rings. The van der Waals surface area contributed by atoms with E-state index < -0.39 is 23.8 Å². The van der Waals surface area contributed by atoms with Crippen LogP contribution >= 0.6 is 0 Å². The van der Waals surface area contributed by atoms with Crippen LogP contribution in [0.2, 0.25) is 0 Å². The molecule has 1 aromatic rings. The van der Waals surface area contributed by atoms with Crippen molar-refractivity contribution < 1.29 is 23.5 Å². The number of hydrogen-bond acceptors (Lipinski definition) is 3. The molecule has 2 amide bonds. The summed E-state index contributed by atoms with van der Waals surface area (Å²) < 4.78 is 26.9. The van der Waals surface area contributed by atoms with Crippen LogP contribution < -0.4 is 10.6 Å². The van der Waals surface area contributed by atoms with E-state index >= 15 is 0 Å². The summed E-state index contributed by atoms with van der Waals surface area (Å²) in [7, 11) is 0. The van der Waals surface area contributed by atoms with Crippen molar-refractivity contribution in [2.75, 3.05) is 0 Å². The van der Waals surface area contributed by atoms with Crippen LogP contribution in [0, 0.1) is 17.6 Å². The number of aliphatic hydroxyl groups excluding tert-OH is 1. The van der Waals surface area contributed by atoms with E-state index in [1.807, 2.05) is 0 Å². The van der Waals surface area contributed by atoms with Gasteiger partial charge in [0.1, 0.15) is 11.6 Å². The lowest BCUT2D eigenvalue weighted by Gasteiger charge is -2.26. The molecule has 1 saturated carbocycles. The lowest BCUT2D eigenvalue weighted by atomic mass is 9.96. The molecule has 0 spiro atoms. The molecule has 7 heteroatoms. The SMILES string of the molecule is CC(=O)NC(Cc1cc(F)cc(F)c1)C(O)CC(C)NC(=O)CCC1CCCC1. The number of amides is 2. The molecule has 3 N–H and O–H groups in total. The van der Waals surface area contributed by atoms with Gasteiger partial charge in [-0.2, -0.15) is 0 Å². The van der Waals surface area contributed by atoms with Gasteiger partial charge in [-0.3, -0.25) is 9.59 Å². The summed E-state index contributed by atoms with van der Waals surface area (Å²) in [6.07, 6.45) is 5.57. The number of aliphatic hydroxyl groups is 1. The fraction of sp³-hybridized carbons (Fsp3) is 0.636. The molecular weight excluding hydrogens is 378 g/mol. The Labute approximate surface area is 171 Å². The molecule has 5 nitrogen and oxygen atoms in total. The van der Waals surface area contributed by atoms with Crippen molar-refractivity contribution in [2.24, 2.45) is 5.92 Å². The van der Waals surface area contributed by atoms with Gasteiger partial charge in [0.15, 0.2) is 0 Å². The Morgan fingerprint density at radius 2 is 1.76 bits per heavy atom. The zero-order valence-corrected chi connectivity index (χ0v) is 17.2. The molecular formula is C22H32F2N2O3. The summed E-state index contributed by atoms with van der Waals surface area (Å²) >= 11 is 0. The first-order chi connectivity index (χ1) is 13.7. The molecule has 0 saturated heterocycles. The first kappa shape index (κ1) is 23.3. The van der Waals surface area contributed by atoms with Crippen LogP contribution in [0.1, 0.15) is 64.4 Å². The van der Waals surface area contributed by atoms with E-state index in [2.05, 4.69) is 10.6 Å². The quantitative estimate of drug-likeness (QED) is 0.554. The number of rotatable bonds is 10. The number of carbonyl (C=O) groups excluding carboxylic acids is 2. The molecule has 0 bridgehead atoms. The van der Waals surface area contributed by atoms with Crippen LogP contribution in [-0.4, -0.2) is 35.1 Å². The second-order valence-electron chi connectivity index (χ2n) is 8.25. The van der Waals surface area contributed by atoms with Gasteiger partial charge < -0.3 is 15.7 Å². The largest absolute Gasteiger partial charge is 0.391 e. The predicted molar refractivity (Wildman–Crippen MR) is 107 cm³/mol. The molecule has 3 atom stereocenters. The van der Waals surface area contributed by atoms with Gasteiger partial charge >= 0.3 is 0 Å². The fourth-order valence-corrected chi connectivity index (χ4v) is 4.09. The minimum absolute atomic E-state index is 0.0418. The van der Waals surface area contributed by atoms with Crippen LogP contribution in [0.25, 0.3) is 0 Å². The zero-order valence-electron chi connectivity index (χ0n) is 17.2. The molecule has 1 fully saturated rings. The summed E-state index contributed by atoms with van der Waals surface area (Å²) in [5, 5.41) is 16.1. The van der Waals surface area contributed by atoms with Crippen molar-refractivity contribution in [2.45, 2.75) is 83.4 Å². The van der Waals surface area contributed by atoms with Crippen molar-refractivity contribution in [3.8, 4) is 0 Å². The zero-order chi connectivity index (χ0) is 21.4. The lowest BCUT2D eigenvalue weighted by molar-refractivity contribution is -0.123. The van der Waals surface area contributed by atoms with Gasteiger partial charge in [0, 0.05) is 25.5 Å². The van der Waals surface area contributed by atoms with Crippen LogP contribution in [-0.2, 0) is 16.0 Å². The molecule has 1 aliphatic carbocycles. The van der Waals surface area contributed by atoms with Crippen LogP contribution in [0.5, 0.6) is 0 Å². The first-order valence-corrected chi connectivity index (χ1v) is 10.4. The number of halogens is 2. The maximum absolute atomic E-state index is 13.4. The van der Waals surface area contributed by atoms with Crippen molar-refractivity contribution >= 4 is 11.8 Å². The van der Waals surface area contributed by atoms with Gasteiger partial charge in [0.25, 0.3) is 0 Å². The monoisotopic (exact) mass is 410 g/mol. The molecule has 1 aromatic carbocycles. The Hall–Kier alpha value is -2.02. The highest BCUT2D eigenvalue weighted by atomic mass is 19.1. The average Bonchev–Trinajstić information content (AvgIpc) is 3.11. The molecule has 29 heavy (non-hydrogen) atoms. The van der Waals surface area contributed by atoms with Gasteiger partial charge in [-0.15, -0.1) is 0 Å². The number of nitrogens with one attached hydrogen (secondary N) is 2. The summed E-state index contributed by atoms with van der Waals surface area (Å²) in [6, 6.07) is 2.13. The summed E-state index contributed by atoms with van der Waals surface area (Å²) in [5.74, 6) is -1.17. The Bertz CT molecular complexity index is 672. The van der Waals surface area contributed by atoms with Crippen molar-refractivity contribution in [3.05, 3.63) is 35.4 Å². The van der Waals surface area contributed by atoms with Crippen LogP contribution in [0.15, 0.2) is 18.2 Å². The van der Waals surface area contributed by atoms with Crippen LogP contribution in [0.3, 0.4) is 0 Å². The summed E-state index contributed by atoms with van der Waals surface area (Å²) in [6.45, 7) is 3.11. The number of benzene rings is 1. The van der Waals surface area contributed by atoms with Gasteiger partial charge in [0.2, 0.25) is 11.8 Å². The topological polar surface area (TPSA) is 78.4 Å². The maximum Gasteiger partial charge on any atom is 0.220 e. The third-order valence-corrected chi connectivity index (χ3v) is 5.49. The smallest absolute Gasteiger partial charge is 0.220 e. The van der Waals surface area contributed by atoms with Crippen molar-refractivity contribution in [3.63, 3.8) is 0 Å². The van der Waals surface area contributed by atoms with Gasteiger partial charge in [-0.05, 0) is 49.8 Å². The van der Waals surface area contributed by atoms with E-state index in [1.165, 1.54) is 44.7 Å². The van der Waals surface area contributed by atoms with E-state index in [-0.39, 0.29) is 30.7 Å². The standard InChI is InChI=1S/C22H32F2N2O3/c1-14(25-22(29)8-7-16-5-3-4-6-16)9-21(28)20(26-15(2)27)12-17-10-18(23)13-19(24)11-17/h10-11,13-14,16,20-21,28H,3-9,12H2,1-2H3,(H,25,29)(H,26,27). The van der Waals surface area contributed by atoms with E-state index in [1.54, 1.807) is 6.92 Å². The first-order valence-electron chi connectivity index (χ1n) is 10.4. The van der Waals surface area contributed by atoms with Gasteiger partial charge in [0.05, 0.1) is 12.1 Å². The average molecular weight is 411 g/mol. The van der Waals surface area contributed by atoms with Gasteiger partial charge in [-0.25, -0.2) is 8.78 Å². The van der Waals surface area contributed by atoms with Crippen molar-refractivity contribution in [1.29, 1.82) is 0 Å². The Morgan fingerprint density at radius 3 is 2.34 bits per heavy atom. The van der Waals surface area contributed by atoms with E-state index in [9.17, 15) is 23.5 Å². The fourth-order valence-electron chi connectivity index (χ4n) is 4.09. The van der Waals surface area contributed by atoms with E-state index in [0.29, 0.717) is 17.9 Å². The van der Waals surface area contributed by atoms with Crippen molar-refractivity contribution in [1.82, 2.24) is 10.6 Å². The normalized spacial score (nSPS) is 17.6. The molecule has 0 heterocycles. The highest BCUT2D eigenvalue weighted by Crippen LogP contribution is 2.28. The van der Waals surface area contributed by atoms with E-state index in [4.69, 9.17) is 0 Å². The third kappa shape index (κ3) is 8.48. The molecule has 162 valence electrons. The third-order valence-electron chi connectivity index (χ3n) is 5.49. The second-order valence-corrected chi connectivity index (χ2v) is 8.25. The Morgan fingerprint density at radius 1 is 1.14 bits per heavy atom. The van der Waals surface area contributed by atoms with Gasteiger partial charge in [-0.1, -0.05) is 25.7 Å². The molecule has 3 unspecified atom stereocenters. The molecule has 0 aliphatic heterocycles. The molecule has 0 aromatic heterocycles. The van der Waals surface area contributed by atoms with E-state index in [0.717, 1.165) is 12.5 Å². The summed E-state index contributed by atoms with van der Waals surface area (Å²) in [5.41, 5.74) is 0.341. The minimum Gasteiger partial charge on any atom is -0.391 e. The number of carbonyl (C=O) groups is 2. The molecule has 0 radical (unpaired) electrons. The highest BCUT2D eigenvalue weighted by Gasteiger charge is 2.24. The molecule has 2 rings (SSSR count). The Kier molecular flexibility index (Phi) is 9.01. The predicted octanol–water partition coefficient (Wildman–Crippen LogP) is 3.24.